The molecular formula is C30H37N3O2. The number of carbonyl (C=O) groups is 1. The number of para-hydroxylation sites is 2. The zero-order valence-electron chi connectivity index (χ0n) is 21.5. The van der Waals surface area contributed by atoms with Crippen LogP contribution in [-0.4, -0.2) is 34.9 Å². The zero-order chi connectivity index (χ0) is 24.4. The van der Waals surface area contributed by atoms with Gasteiger partial charge in [-0.15, -0.1) is 0 Å². The SMILES string of the molecule is CN=CC1=C(n2cnc3ccccc32)[C@@]2(C)CCC3C(CC=C4C[C@@H](OC(C)=O)CC[C@@]43C)C2C1. The first-order valence-electron chi connectivity index (χ1n) is 13.3. The lowest BCUT2D eigenvalue weighted by Crippen LogP contribution is -2.50. The third-order valence-electron chi connectivity index (χ3n) is 10.0. The maximum absolute atomic E-state index is 11.6. The molecular weight excluding hydrogens is 434 g/mol. The fourth-order valence-electron chi connectivity index (χ4n) is 8.49. The third-order valence-corrected chi connectivity index (χ3v) is 10.0. The molecule has 1 heterocycles. The second-order valence-corrected chi connectivity index (χ2v) is 11.8. The number of benzene rings is 1. The molecule has 1 aromatic carbocycles. The second kappa shape index (κ2) is 8.18. The third kappa shape index (κ3) is 3.37. The van der Waals surface area contributed by atoms with Crippen molar-refractivity contribution in [3.05, 3.63) is 47.8 Å². The standard InChI is InChI=1S/C30H37N3O2/c1-19(34)35-22-11-13-29(2)21(16-22)9-10-23-24(29)12-14-30(3)25(23)15-20(17-31-4)28(30)33-18-32-26-7-5-6-8-27(26)33/h5-9,17-18,22-25H,10-16H2,1-4H3/t22-,23?,24?,25?,29-,30-/m0/s1. The van der Waals surface area contributed by atoms with E-state index in [2.05, 4.69) is 60.0 Å². The van der Waals surface area contributed by atoms with Gasteiger partial charge >= 0.3 is 5.97 Å². The zero-order valence-corrected chi connectivity index (χ0v) is 21.5. The fraction of sp³-hybridized carbons (Fsp3) is 0.567. The Morgan fingerprint density at radius 1 is 1.14 bits per heavy atom. The first-order valence-corrected chi connectivity index (χ1v) is 13.3. The molecule has 2 aromatic rings. The fourth-order valence-corrected chi connectivity index (χ4v) is 8.49. The molecule has 4 aliphatic carbocycles. The summed E-state index contributed by atoms with van der Waals surface area (Å²) in [6.07, 6.45) is 14.4. The molecule has 3 unspecified atom stereocenters. The minimum atomic E-state index is -0.150. The highest BCUT2D eigenvalue weighted by atomic mass is 16.5. The van der Waals surface area contributed by atoms with Crippen LogP contribution < -0.4 is 0 Å². The van der Waals surface area contributed by atoms with Crippen molar-refractivity contribution in [3.63, 3.8) is 0 Å². The number of nitrogens with zero attached hydrogens (tertiary/aromatic N) is 3. The van der Waals surface area contributed by atoms with Gasteiger partial charge in [-0.25, -0.2) is 4.98 Å². The van der Waals surface area contributed by atoms with Gasteiger partial charge in [-0.1, -0.05) is 37.6 Å². The Morgan fingerprint density at radius 2 is 1.94 bits per heavy atom. The molecule has 0 N–H and O–H groups in total. The molecule has 0 aliphatic heterocycles. The number of esters is 1. The number of imidazole rings is 1. The molecule has 6 atom stereocenters. The molecule has 35 heavy (non-hydrogen) atoms. The van der Waals surface area contributed by atoms with Crippen molar-refractivity contribution >= 4 is 28.9 Å². The van der Waals surface area contributed by atoms with E-state index >= 15 is 0 Å². The van der Waals surface area contributed by atoms with E-state index in [-0.39, 0.29) is 22.9 Å². The van der Waals surface area contributed by atoms with Gasteiger partial charge in [-0.2, -0.15) is 0 Å². The van der Waals surface area contributed by atoms with E-state index in [9.17, 15) is 4.79 Å². The second-order valence-electron chi connectivity index (χ2n) is 11.8. The molecule has 1 aromatic heterocycles. The van der Waals surface area contributed by atoms with E-state index in [4.69, 9.17) is 9.72 Å². The minimum absolute atomic E-state index is 0.0545. The Hall–Kier alpha value is -2.69. The highest BCUT2D eigenvalue weighted by Gasteiger charge is 2.58. The topological polar surface area (TPSA) is 56.5 Å². The number of aliphatic imine (C=N–C) groups is 1. The van der Waals surface area contributed by atoms with Crippen LogP contribution in [-0.2, 0) is 9.53 Å². The molecule has 2 fully saturated rings. The Morgan fingerprint density at radius 3 is 2.74 bits per heavy atom. The van der Waals surface area contributed by atoms with Gasteiger partial charge in [0.05, 0.1) is 11.0 Å². The molecule has 5 nitrogen and oxygen atoms in total. The largest absolute Gasteiger partial charge is 0.462 e. The summed E-state index contributed by atoms with van der Waals surface area (Å²) in [4.78, 5) is 20.8. The van der Waals surface area contributed by atoms with E-state index in [1.807, 2.05) is 13.4 Å². The lowest BCUT2D eigenvalue weighted by Gasteiger charge is -2.57. The molecule has 2 saturated carbocycles. The average molecular weight is 472 g/mol. The maximum atomic E-state index is 11.6. The Labute approximate surface area is 208 Å². The van der Waals surface area contributed by atoms with Crippen molar-refractivity contribution in [2.75, 3.05) is 7.05 Å². The van der Waals surface area contributed by atoms with Crippen molar-refractivity contribution in [1.29, 1.82) is 0 Å². The lowest BCUT2D eigenvalue weighted by molar-refractivity contribution is -0.148. The van der Waals surface area contributed by atoms with E-state index in [1.54, 1.807) is 5.57 Å². The summed E-state index contributed by atoms with van der Waals surface area (Å²) in [6, 6.07) is 8.47. The van der Waals surface area contributed by atoms with Gasteiger partial charge in [-0.3, -0.25) is 9.79 Å². The van der Waals surface area contributed by atoms with Crippen LogP contribution in [0.15, 0.2) is 52.8 Å². The lowest BCUT2D eigenvalue weighted by atomic mass is 9.47. The van der Waals surface area contributed by atoms with Gasteiger partial charge in [0.25, 0.3) is 0 Å². The van der Waals surface area contributed by atoms with E-state index in [1.165, 1.54) is 36.6 Å². The van der Waals surface area contributed by atoms with Gasteiger partial charge in [0.1, 0.15) is 12.4 Å². The van der Waals surface area contributed by atoms with Crippen molar-refractivity contribution in [2.45, 2.75) is 71.8 Å². The molecule has 5 heteroatoms. The number of rotatable bonds is 3. The van der Waals surface area contributed by atoms with Gasteiger partial charge in [-0.05, 0) is 79.4 Å². The van der Waals surface area contributed by atoms with Gasteiger partial charge < -0.3 is 9.30 Å². The normalized spacial score (nSPS) is 36.6. The van der Waals surface area contributed by atoms with Crippen molar-refractivity contribution in [3.8, 4) is 0 Å². The molecule has 0 saturated heterocycles. The van der Waals surface area contributed by atoms with Crippen LogP contribution in [0, 0.1) is 28.6 Å². The van der Waals surface area contributed by atoms with E-state index in [0.717, 1.165) is 37.6 Å². The predicted octanol–water partition coefficient (Wildman–Crippen LogP) is 6.45. The Kier molecular flexibility index (Phi) is 5.32. The van der Waals surface area contributed by atoms with Gasteiger partial charge in [0.15, 0.2) is 0 Å². The summed E-state index contributed by atoms with van der Waals surface area (Å²) in [7, 11) is 1.89. The van der Waals surface area contributed by atoms with Gasteiger partial charge in [0, 0.05) is 37.7 Å². The Balaban J connectivity index is 1.37. The number of hydrogen-bond donors (Lipinski definition) is 0. The van der Waals surface area contributed by atoms with Crippen LogP contribution in [0.3, 0.4) is 0 Å². The number of carbonyl (C=O) groups excluding carboxylic acids is 1. The first kappa shape index (κ1) is 22.8. The van der Waals surface area contributed by atoms with Crippen LogP contribution >= 0.6 is 0 Å². The average Bonchev–Trinajstić information content (AvgIpc) is 3.37. The smallest absolute Gasteiger partial charge is 0.302 e. The van der Waals surface area contributed by atoms with Crippen LogP contribution in [0.4, 0.5) is 0 Å². The number of allylic oxidation sites excluding steroid dienone is 3. The number of fused-ring (bicyclic) bond motifs is 6. The summed E-state index contributed by atoms with van der Waals surface area (Å²) in [6.45, 7) is 6.55. The molecule has 0 bridgehead atoms. The molecule has 184 valence electrons. The summed E-state index contributed by atoms with van der Waals surface area (Å²) >= 11 is 0. The summed E-state index contributed by atoms with van der Waals surface area (Å²) in [5.74, 6) is 1.81. The highest BCUT2D eigenvalue weighted by Crippen LogP contribution is 2.66. The molecule has 0 radical (unpaired) electrons. The van der Waals surface area contributed by atoms with Crippen molar-refractivity contribution in [1.82, 2.24) is 9.55 Å². The quantitative estimate of drug-likeness (QED) is 0.294. The summed E-state index contributed by atoms with van der Waals surface area (Å²) < 4.78 is 7.99. The number of ether oxygens (including phenoxy) is 1. The van der Waals surface area contributed by atoms with Crippen molar-refractivity contribution < 1.29 is 9.53 Å². The maximum Gasteiger partial charge on any atom is 0.302 e. The van der Waals surface area contributed by atoms with Crippen LogP contribution in [0.5, 0.6) is 0 Å². The predicted molar refractivity (Wildman–Crippen MR) is 140 cm³/mol. The number of aromatic nitrogens is 2. The van der Waals surface area contributed by atoms with Crippen LogP contribution in [0.2, 0.25) is 0 Å². The first-order chi connectivity index (χ1) is 16.8. The van der Waals surface area contributed by atoms with Gasteiger partial charge in [0.2, 0.25) is 0 Å². The monoisotopic (exact) mass is 471 g/mol. The summed E-state index contributed by atoms with van der Waals surface area (Å²) in [5, 5.41) is 0. The molecule has 4 aliphatic rings. The summed E-state index contributed by atoms with van der Waals surface area (Å²) in [5.41, 5.74) is 6.91. The minimum Gasteiger partial charge on any atom is -0.462 e. The molecule has 0 spiro atoms. The molecule has 6 rings (SSSR count). The highest BCUT2D eigenvalue weighted by molar-refractivity contribution is 5.92. The van der Waals surface area contributed by atoms with E-state index in [0.29, 0.717) is 17.8 Å². The van der Waals surface area contributed by atoms with Crippen molar-refractivity contribution in [2.24, 2.45) is 33.6 Å². The Bertz CT molecular complexity index is 1270. The van der Waals surface area contributed by atoms with Crippen LogP contribution in [0.25, 0.3) is 16.7 Å². The molecule has 0 amide bonds. The van der Waals surface area contributed by atoms with Crippen LogP contribution in [0.1, 0.15) is 65.7 Å². The van der Waals surface area contributed by atoms with E-state index < -0.39 is 0 Å². The number of hydrogen-bond acceptors (Lipinski definition) is 4.